The van der Waals surface area contributed by atoms with Gasteiger partial charge in [0.25, 0.3) is 0 Å². The van der Waals surface area contributed by atoms with Gasteiger partial charge in [-0.3, -0.25) is 4.79 Å². The topological polar surface area (TPSA) is 95.9 Å². The smallest absolute Gasteiger partial charge is 0.340 e. The first-order valence-electron chi connectivity index (χ1n) is 8.04. The molecule has 7 nitrogen and oxygen atoms in total. The second-order valence-corrected chi connectivity index (χ2v) is 6.98. The van der Waals surface area contributed by atoms with E-state index in [1.54, 1.807) is 6.07 Å². The maximum absolute atomic E-state index is 12.6. The molecular formula is C17H19ClN2O5. The summed E-state index contributed by atoms with van der Waals surface area (Å²) in [4.78, 5) is 37.7. The molecule has 0 unspecified atom stereocenters. The number of amides is 2. The number of nitrogens with zero attached hydrogens (tertiary/aromatic N) is 1. The number of likely N-dealkylation sites (tertiary alicyclic amines) is 1. The van der Waals surface area contributed by atoms with Crippen LogP contribution in [0.5, 0.6) is 0 Å². The summed E-state index contributed by atoms with van der Waals surface area (Å²) in [6, 6.07) is 4.07. The van der Waals surface area contributed by atoms with E-state index in [2.05, 4.69) is 5.32 Å². The van der Waals surface area contributed by atoms with Crippen LogP contribution in [0.15, 0.2) is 18.2 Å². The molecule has 0 spiro atoms. The highest BCUT2D eigenvalue weighted by Gasteiger charge is 2.55. The number of methoxy groups -OCH3 is 1. The number of rotatable bonds is 3. The second-order valence-electron chi connectivity index (χ2n) is 6.54. The molecular weight excluding hydrogens is 348 g/mol. The second kappa shape index (κ2) is 6.55. The molecule has 0 radical (unpaired) electrons. The number of ether oxygens (including phenoxy) is 1. The van der Waals surface area contributed by atoms with Crippen molar-refractivity contribution in [2.24, 2.45) is 11.3 Å². The van der Waals surface area contributed by atoms with Crippen molar-refractivity contribution in [3.8, 4) is 0 Å². The monoisotopic (exact) mass is 366 g/mol. The van der Waals surface area contributed by atoms with E-state index in [9.17, 15) is 19.5 Å². The lowest BCUT2D eigenvalue weighted by molar-refractivity contribution is -0.149. The molecule has 2 aliphatic rings. The molecule has 134 valence electrons. The van der Waals surface area contributed by atoms with Crippen molar-refractivity contribution < 1.29 is 24.2 Å². The maximum Gasteiger partial charge on any atom is 0.340 e. The Balaban J connectivity index is 1.78. The molecule has 1 saturated carbocycles. The molecule has 8 heteroatoms. The van der Waals surface area contributed by atoms with E-state index >= 15 is 0 Å². The van der Waals surface area contributed by atoms with Crippen LogP contribution < -0.4 is 5.32 Å². The number of hydrogen-bond donors (Lipinski definition) is 2. The number of esters is 1. The van der Waals surface area contributed by atoms with Gasteiger partial charge in [0.1, 0.15) is 0 Å². The van der Waals surface area contributed by atoms with Gasteiger partial charge in [-0.25, -0.2) is 9.59 Å². The molecule has 1 aliphatic heterocycles. The first kappa shape index (κ1) is 17.5. The molecule has 2 fully saturated rings. The first-order chi connectivity index (χ1) is 11.9. The summed E-state index contributed by atoms with van der Waals surface area (Å²) < 4.78 is 4.71. The largest absolute Gasteiger partial charge is 0.481 e. The Morgan fingerprint density at radius 2 is 2.16 bits per heavy atom. The van der Waals surface area contributed by atoms with Crippen LogP contribution in [0.1, 0.15) is 29.6 Å². The van der Waals surface area contributed by atoms with Gasteiger partial charge in [-0.05, 0) is 37.0 Å². The van der Waals surface area contributed by atoms with Crippen LogP contribution in [-0.2, 0) is 9.53 Å². The Bertz CT molecular complexity index is 738. The molecule has 2 atom stereocenters. The van der Waals surface area contributed by atoms with Crippen molar-refractivity contribution in [2.75, 3.05) is 25.5 Å². The normalized spacial score (nSPS) is 24.7. The van der Waals surface area contributed by atoms with Gasteiger partial charge < -0.3 is 20.1 Å². The molecule has 0 bridgehead atoms. The van der Waals surface area contributed by atoms with Crippen molar-refractivity contribution in [3.05, 3.63) is 28.8 Å². The molecule has 1 heterocycles. The van der Waals surface area contributed by atoms with Gasteiger partial charge in [0.15, 0.2) is 0 Å². The van der Waals surface area contributed by atoms with Gasteiger partial charge >= 0.3 is 18.0 Å². The summed E-state index contributed by atoms with van der Waals surface area (Å²) in [7, 11) is 1.24. The molecule has 1 aromatic rings. The number of carbonyl (C=O) groups is 3. The summed E-state index contributed by atoms with van der Waals surface area (Å²) in [5, 5.41) is 12.6. The summed E-state index contributed by atoms with van der Waals surface area (Å²) in [6.45, 7) is 0.583. The number of hydrogen-bond acceptors (Lipinski definition) is 4. The third-order valence-corrected chi connectivity index (χ3v) is 5.45. The standard InChI is InChI=1S/C17H19ClN2O5/c1-25-14(21)12-7-11(18)4-5-13(12)19-16(24)20-8-10-3-2-6-17(10,9-20)15(22)23/h4-5,7,10H,2-3,6,8-9H2,1H3,(H,19,24)(H,22,23)/t10-,17+/m0/s1. The highest BCUT2D eigenvalue weighted by atomic mass is 35.5. The van der Waals surface area contributed by atoms with Crippen LogP contribution in [0.25, 0.3) is 0 Å². The number of fused-ring (bicyclic) bond motifs is 1. The number of carbonyl (C=O) groups excluding carboxylic acids is 2. The average Bonchev–Trinajstić information content (AvgIpc) is 3.14. The Hall–Kier alpha value is -2.28. The minimum absolute atomic E-state index is 0.0268. The molecule has 2 amide bonds. The van der Waals surface area contributed by atoms with Gasteiger partial charge in [0.05, 0.1) is 23.8 Å². The quantitative estimate of drug-likeness (QED) is 0.802. The zero-order chi connectivity index (χ0) is 18.2. The minimum Gasteiger partial charge on any atom is -0.481 e. The number of carboxylic acids is 1. The van der Waals surface area contributed by atoms with E-state index in [0.29, 0.717) is 18.0 Å². The average molecular weight is 367 g/mol. The molecule has 1 aromatic carbocycles. The summed E-state index contributed by atoms with van der Waals surface area (Å²) in [6.07, 6.45) is 2.27. The van der Waals surface area contributed by atoms with Crippen LogP contribution in [-0.4, -0.2) is 48.2 Å². The van der Waals surface area contributed by atoms with E-state index < -0.39 is 23.4 Å². The summed E-state index contributed by atoms with van der Waals surface area (Å²) in [5.41, 5.74) is -0.416. The molecule has 3 rings (SSSR count). The Morgan fingerprint density at radius 1 is 1.40 bits per heavy atom. The van der Waals surface area contributed by atoms with E-state index in [0.717, 1.165) is 12.8 Å². The van der Waals surface area contributed by atoms with Gasteiger partial charge in [0.2, 0.25) is 0 Å². The first-order valence-corrected chi connectivity index (χ1v) is 8.42. The SMILES string of the molecule is COC(=O)c1cc(Cl)ccc1NC(=O)N1C[C@@H]2CCC[C@@]2(C(=O)O)C1. The molecule has 0 aromatic heterocycles. The third kappa shape index (κ3) is 3.04. The summed E-state index contributed by atoms with van der Waals surface area (Å²) in [5.74, 6) is -1.48. The van der Waals surface area contributed by atoms with Crippen LogP contribution in [0.3, 0.4) is 0 Å². The molecule has 25 heavy (non-hydrogen) atoms. The number of nitrogens with one attached hydrogen (secondary N) is 1. The molecule has 2 N–H and O–H groups in total. The Kier molecular flexibility index (Phi) is 4.60. The highest BCUT2D eigenvalue weighted by Crippen LogP contribution is 2.49. The fourth-order valence-corrected chi connectivity index (χ4v) is 4.06. The van der Waals surface area contributed by atoms with Crippen molar-refractivity contribution in [1.29, 1.82) is 0 Å². The van der Waals surface area contributed by atoms with Gasteiger partial charge in [-0.15, -0.1) is 0 Å². The van der Waals surface area contributed by atoms with Crippen LogP contribution in [0.4, 0.5) is 10.5 Å². The lowest BCUT2D eigenvalue weighted by atomic mass is 9.81. The zero-order valence-corrected chi connectivity index (χ0v) is 14.5. The van der Waals surface area contributed by atoms with Gasteiger partial charge in [0, 0.05) is 18.1 Å². The number of benzene rings is 1. The predicted molar refractivity (Wildman–Crippen MR) is 90.8 cm³/mol. The van der Waals surface area contributed by atoms with E-state index in [1.165, 1.54) is 24.1 Å². The van der Waals surface area contributed by atoms with Crippen molar-refractivity contribution >= 4 is 35.3 Å². The van der Waals surface area contributed by atoms with E-state index in [-0.39, 0.29) is 23.7 Å². The van der Waals surface area contributed by atoms with Crippen LogP contribution in [0.2, 0.25) is 5.02 Å². The fourth-order valence-electron chi connectivity index (χ4n) is 3.89. The van der Waals surface area contributed by atoms with Crippen LogP contribution in [0, 0.1) is 11.3 Å². The number of anilines is 1. The zero-order valence-electron chi connectivity index (χ0n) is 13.8. The lowest BCUT2D eigenvalue weighted by Crippen LogP contribution is -2.38. The molecule has 1 saturated heterocycles. The van der Waals surface area contributed by atoms with Crippen molar-refractivity contribution in [1.82, 2.24) is 4.90 Å². The van der Waals surface area contributed by atoms with E-state index in [1.807, 2.05) is 0 Å². The highest BCUT2D eigenvalue weighted by molar-refractivity contribution is 6.31. The fraction of sp³-hybridized carbons (Fsp3) is 0.471. The maximum atomic E-state index is 12.6. The lowest BCUT2D eigenvalue weighted by Gasteiger charge is -2.23. The third-order valence-electron chi connectivity index (χ3n) is 5.21. The number of aliphatic carboxylic acids is 1. The van der Waals surface area contributed by atoms with Crippen molar-refractivity contribution in [3.63, 3.8) is 0 Å². The number of carboxylic acid groups (broad SMARTS) is 1. The van der Waals surface area contributed by atoms with Crippen LogP contribution >= 0.6 is 11.6 Å². The number of urea groups is 1. The Morgan fingerprint density at radius 3 is 2.80 bits per heavy atom. The predicted octanol–water partition coefficient (Wildman–Crippen LogP) is 2.85. The van der Waals surface area contributed by atoms with Gasteiger partial charge in [-0.1, -0.05) is 18.0 Å². The molecule has 1 aliphatic carbocycles. The number of halogens is 1. The minimum atomic E-state index is -0.845. The van der Waals surface area contributed by atoms with Crippen molar-refractivity contribution in [2.45, 2.75) is 19.3 Å². The Labute approximate surface area is 149 Å². The summed E-state index contributed by atoms with van der Waals surface area (Å²) >= 11 is 5.90. The van der Waals surface area contributed by atoms with Gasteiger partial charge in [-0.2, -0.15) is 0 Å². The van der Waals surface area contributed by atoms with E-state index in [4.69, 9.17) is 16.3 Å².